The van der Waals surface area contributed by atoms with E-state index in [0.717, 1.165) is 0 Å². The standard InChI is InChI=1S/C4H6O5.Sb.3H/c5-2(4(8)9)1-3(6)7;;;;/h2,5H,1H2,(H,6,7)(H,8,9);;;;. The van der Waals surface area contributed by atoms with E-state index in [1.54, 1.807) is 0 Å². The van der Waals surface area contributed by atoms with E-state index in [1.807, 2.05) is 0 Å². The molecule has 0 saturated carbocycles. The maximum absolute atomic E-state index is 9.72. The Kier molecular flexibility index (Phi) is 6.82. The molecule has 0 aromatic heterocycles. The third kappa shape index (κ3) is 5.85. The molecule has 6 heteroatoms. The summed E-state index contributed by atoms with van der Waals surface area (Å²) in [5, 5.41) is 24.1. The molecule has 0 saturated heterocycles. The van der Waals surface area contributed by atoms with Crippen LogP contribution in [0.1, 0.15) is 6.42 Å². The molecule has 0 heterocycles. The first-order chi connectivity index (χ1) is 4.04. The van der Waals surface area contributed by atoms with Crippen LogP contribution in [0.25, 0.3) is 0 Å². The van der Waals surface area contributed by atoms with Crippen LogP contribution in [-0.2, 0) is 9.59 Å². The molecule has 5 nitrogen and oxygen atoms in total. The zero-order chi connectivity index (χ0) is 7.44. The summed E-state index contributed by atoms with van der Waals surface area (Å²) in [5.74, 6) is -2.85. The summed E-state index contributed by atoms with van der Waals surface area (Å²) < 4.78 is 0. The summed E-state index contributed by atoms with van der Waals surface area (Å²) in [5.41, 5.74) is 0. The van der Waals surface area contributed by atoms with Gasteiger partial charge in [0.15, 0.2) is 6.10 Å². The Hall–Kier alpha value is -0.282. The number of aliphatic hydroxyl groups excluding tert-OH is 1. The first-order valence-electron chi connectivity index (χ1n) is 2.16. The molecule has 1 unspecified atom stereocenters. The SMILES string of the molecule is O=C(O)CC(O)C(=O)O.[SbH3]. The zero-order valence-electron chi connectivity index (χ0n) is 5.15. The van der Waals surface area contributed by atoms with Gasteiger partial charge in [0.05, 0.1) is 6.42 Å². The molecule has 3 N–H and O–H groups in total. The van der Waals surface area contributed by atoms with Crippen LogP contribution < -0.4 is 0 Å². The molecule has 0 radical (unpaired) electrons. The second-order valence-corrected chi connectivity index (χ2v) is 1.45. The molecule has 0 aliphatic carbocycles. The van der Waals surface area contributed by atoms with Crippen LogP contribution in [0.5, 0.6) is 0 Å². The molecule has 10 heavy (non-hydrogen) atoms. The Labute approximate surface area is 74.1 Å². The fraction of sp³-hybridized carbons (Fsp3) is 0.500. The van der Waals surface area contributed by atoms with E-state index >= 15 is 0 Å². The third-order valence-electron chi connectivity index (χ3n) is 0.653. The van der Waals surface area contributed by atoms with Gasteiger partial charge >= 0.3 is 36.4 Å². The maximum atomic E-state index is 9.72. The Bertz CT molecular complexity index is 134. The molecular weight excluding hydrogens is 250 g/mol. The van der Waals surface area contributed by atoms with Crippen LogP contribution in [0.2, 0.25) is 0 Å². The van der Waals surface area contributed by atoms with Gasteiger partial charge in [-0.25, -0.2) is 4.79 Å². The Morgan fingerprint density at radius 1 is 1.30 bits per heavy atom. The minimum absolute atomic E-state index is 0. The summed E-state index contributed by atoms with van der Waals surface area (Å²) in [6.07, 6.45) is -2.54. The number of hydrogen-bond acceptors (Lipinski definition) is 3. The fourth-order valence-corrected chi connectivity index (χ4v) is 0.253. The van der Waals surface area contributed by atoms with Crippen LogP contribution in [0.3, 0.4) is 0 Å². The Morgan fingerprint density at radius 3 is 1.80 bits per heavy atom. The quantitative estimate of drug-likeness (QED) is 0.496. The number of rotatable bonds is 3. The van der Waals surface area contributed by atoms with Gasteiger partial charge in [-0.2, -0.15) is 0 Å². The number of aliphatic hydroxyl groups is 1. The van der Waals surface area contributed by atoms with E-state index in [2.05, 4.69) is 0 Å². The molecule has 0 fully saturated rings. The summed E-state index contributed by atoms with van der Waals surface area (Å²) in [6, 6.07) is 0. The van der Waals surface area contributed by atoms with Crippen molar-refractivity contribution >= 4 is 36.4 Å². The Morgan fingerprint density at radius 2 is 1.70 bits per heavy atom. The third-order valence-corrected chi connectivity index (χ3v) is 0.653. The molecule has 0 amide bonds. The second-order valence-electron chi connectivity index (χ2n) is 1.45. The van der Waals surface area contributed by atoms with Crippen molar-refractivity contribution in [2.75, 3.05) is 0 Å². The van der Waals surface area contributed by atoms with Gasteiger partial charge < -0.3 is 15.3 Å². The van der Waals surface area contributed by atoms with E-state index < -0.39 is 24.5 Å². The average molecular weight is 259 g/mol. The van der Waals surface area contributed by atoms with Crippen molar-refractivity contribution in [1.82, 2.24) is 0 Å². The number of carboxylic acids is 2. The molecule has 0 aromatic rings. The van der Waals surface area contributed by atoms with Crippen molar-refractivity contribution in [3.63, 3.8) is 0 Å². The molecule has 1 atom stereocenters. The summed E-state index contributed by atoms with van der Waals surface area (Å²) in [6.45, 7) is 0. The van der Waals surface area contributed by atoms with Crippen molar-refractivity contribution in [2.45, 2.75) is 12.5 Å². The molecule has 0 aromatic carbocycles. The van der Waals surface area contributed by atoms with E-state index in [1.165, 1.54) is 0 Å². The summed E-state index contributed by atoms with van der Waals surface area (Å²) in [7, 11) is 0. The van der Waals surface area contributed by atoms with Gasteiger partial charge in [0.1, 0.15) is 0 Å². The normalized spacial score (nSPS) is 11.3. The topological polar surface area (TPSA) is 94.8 Å². The van der Waals surface area contributed by atoms with Crippen molar-refractivity contribution in [1.29, 1.82) is 0 Å². The van der Waals surface area contributed by atoms with Gasteiger partial charge in [0.2, 0.25) is 0 Å². The number of hydrogen-bond donors (Lipinski definition) is 3. The first kappa shape index (κ1) is 12.4. The average Bonchev–Trinajstić information content (AvgIpc) is 1.63. The van der Waals surface area contributed by atoms with Crippen LogP contribution in [0, 0.1) is 0 Å². The minimum atomic E-state index is -1.79. The van der Waals surface area contributed by atoms with Gasteiger partial charge in [0, 0.05) is 0 Å². The second kappa shape index (κ2) is 5.50. The molecule has 0 aliphatic rings. The first-order valence-corrected chi connectivity index (χ1v) is 2.16. The van der Waals surface area contributed by atoms with Crippen LogP contribution in [0.15, 0.2) is 0 Å². The van der Waals surface area contributed by atoms with E-state index in [-0.39, 0.29) is 24.4 Å². The van der Waals surface area contributed by atoms with Crippen LogP contribution in [-0.4, -0.2) is 57.8 Å². The summed E-state index contributed by atoms with van der Waals surface area (Å²) in [4.78, 5) is 19.4. The van der Waals surface area contributed by atoms with Gasteiger partial charge in [-0.3, -0.25) is 4.79 Å². The van der Waals surface area contributed by atoms with Crippen molar-refractivity contribution in [3.05, 3.63) is 0 Å². The van der Waals surface area contributed by atoms with Gasteiger partial charge in [-0.05, 0) is 0 Å². The molecule has 0 rings (SSSR count). The van der Waals surface area contributed by atoms with Crippen molar-refractivity contribution in [3.8, 4) is 0 Å². The molecule has 0 bridgehead atoms. The number of carbonyl (C=O) groups is 2. The predicted octanol–water partition coefficient (Wildman–Crippen LogP) is -2.28. The number of carboxylic acid groups (broad SMARTS) is 2. The van der Waals surface area contributed by atoms with Crippen molar-refractivity contribution in [2.24, 2.45) is 0 Å². The Balaban J connectivity index is 0. The van der Waals surface area contributed by atoms with Crippen LogP contribution >= 0.6 is 0 Å². The van der Waals surface area contributed by atoms with Gasteiger partial charge in [-0.15, -0.1) is 0 Å². The predicted molar refractivity (Wildman–Crippen MR) is 35.8 cm³/mol. The summed E-state index contributed by atoms with van der Waals surface area (Å²) >= 11 is 0. The van der Waals surface area contributed by atoms with Crippen LogP contribution in [0.4, 0.5) is 0 Å². The van der Waals surface area contributed by atoms with E-state index in [0.29, 0.717) is 0 Å². The van der Waals surface area contributed by atoms with Gasteiger partial charge in [-0.1, -0.05) is 0 Å². The fourth-order valence-electron chi connectivity index (χ4n) is 0.253. The monoisotopic (exact) mass is 258 g/mol. The molecular formula is C4H9O5Sb. The zero-order valence-corrected chi connectivity index (χ0v) is 9.19. The number of aliphatic carboxylic acids is 2. The molecule has 0 aliphatic heterocycles. The van der Waals surface area contributed by atoms with E-state index in [9.17, 15) is 9.59 Å². The van der Waals surface area contributed by atoms with E-state index in [4.69, 9.17) is 15.3 Å². The molecule has 60 valence electrons. The van der Waals surface area contributed by atoms with Gasteiger partial charge in [0.25, 0.3) is 0 Å². The molecule has 0 spiro atoms. The van der Waals surface area contributed by atoms with Crippen molar-refractivity contribution < 1.29 is 24.9 Å².